The first-order chi connectivity index (χ1) is 19.0. The van der Waals surface area contributed by atoms with Gasteiger partial charge in [0.25, 0.3) is 0 Å². The number of pyridine rings is 1. The Morgan fingerprint density at radius 2 is 1.98 bits per heavy atom. The number of aromatic hydroxyl groups is 1. The Bertz CT molecular complexity index is 1230. The van der Waals surface area contributed by atoms with Crippen molar-refractivity contribution < 1.29 is 28.5 Å². The molecular weight excluding hydrogens is 539 g/mol. The van der Waals surface area contributed by atoms with Crippen LogP contribution in [0.15, 0.2) is 18.2 Å². The number of carbonyl (C=O) groups excluding carboxylic acids is 1. The highest BCUT2D eigenvalue weighted by atomic mass is 35.5. The first-order valence-corrected chi connectivity index (χ1v) is 14.2. The maximum Gasteiger partial charge on any atom is 0.410 e. The highest BCUT2D eigenvalue weighted by Gasteiger charge is 2.37. The van der Waals surface area contributed by atoms with Crippen LogP contribution in [0, 0.1) is 11.7 Å². The second kappa shape index (κ2) is 11.6. The SMILES string of the molecule is CN1CCC(COc2nc(-c3c(O)cccc3F)c(Cl)c3c2CN2CCN(C(=O)OC(C)(C)C)C[C@@H]2CO3)CC1. The molecule has 2 aromatic rings. The molecule has 2 fully saturated rings. The number of piperazine rings is 1. The van der Waals surface area contributed by atoms with Crippen LogP contribution < -0.4 is 9.47 Å². The Labute approximate surface area is 239 Å². The number of hydrogen-bond acceptors (Lipinski definition) is 8. The predicted octanol–water partition coefficient (Wildman–Crippen LogP) is 4.78. The molecule has 2 saturated heterocycles. The number of amides is 1. The minimum atomic E-state index is -0.644. The van der Waals surface area contributed by atoms with Crippen LogP contribution in [0.2, 0.25) is 5.02 Å². The van der Waals surface area contributed by atoms with Crippen LogP contribution in [-0.2, 0) is 11.3 Å². The quantitative estimate of drug-likeness (QED) is 0.556. The predicted molar refractivity (Wildman–Crippen MR) is 150 cm³/mol. The van der Waals surface area contributed by atoms with E-state index in [2.05, 4.69) is 21.8 Å². The second-order valence-electron chi connectivity index (χ2n) is 11.9. The summed E-state index contributed by atoms with van der Waals surface area (Å²) in [5.74, 6) is 0.146. The summed E-state index contributed by atoms with van der Waals surface area (Å²) < 4.78 is 33.2. The lowest BCUT2D eigenvalue weighted by Gasteiger charge is -2.40. The number of piperidine rings is 1. The molecule has 218 valence electrons. The molecule has 40 heavy (non-hydrogen) atoms. The van der Waals surface area contributed by atoms with E-state index in [4.69, 9.17) is 25.8 Å². The van der Waals surface area contributed by atoms with Crippen molar-refractivity contribution in [2.75, 3.05) is 53.0 Å². The van der Waals surface area contributed by atoms with Crippen LogP contribution in [0.5, 0.6) is 17.4 Å². The maximum atomic E-state index is 14.9. The Hall–Kier alpha value is -2.82. The molecule has 0 radical (unpaired) electrons. The number of fused-ring (bicyclic) bond motifs is 2. The van der Waals surface area contributed by atoms with E-state index in [-0.39, 0.29) is 40.8 Å². The Kier molecular flexibility index (Phi) is 8.31. The molecule has 1 aromatic heterocycles. The lowest BCUT2D eigenvalue weighted by Crippen LogP contribution is -2.56. The molecule has 1 N–H and O–H groups in total. The number of aromatic nitrogens is 1. The van der Waals surface area contributed by atoms with E-state index in [9.17, 15) is 14.3 Å². The summed E-state index contributed by atoms with van der Waals surface area (Å²) in [5, 5.41) is 10.6. The van der Waals surface area contributed by atoms with Crippen molar-refractivity contribution in [1.82, 2.24) is 19.7 Å². The number of phenols is 1. The zero-order chi connectivity index (χ0) is 28.6. The fraction of sp³-hybridized carbons (Fsp3) is 0.586. The molecule has 1 atom stereocenters. The molecule has 5 rings (SSSR count). The first kappa shape index (κ1) is 28.7. The Morgan fingerprint density at radius 1 is 1.23 bits per heavy atom. The van der Waals surface area contributed by atoms with Gasteiger partial charge in [-0.1, -0.05) is 17.7 Å². The average Bonchev–Trinajstić information content (AvgIpc) is 3.09. The fourth-order valence-electron chi connectivity index (χ4n) is 5.44. The van der Waals surface area contributed by atoms with Gasteiger partial charge in [0.2, 0.25) is 5.88 Å². The third-order valence-electron chi connectivity index (χ3n) is 7.71. The van der Waals surface area contributed by atoms with E-state index in [0.29, 0.717) is 55.9 Å². The molecule has 4 heterocycles. The van der Waals surface area contributed by atoms with Gasteiger partial charge in [-0.15, -0.1) is 0 Å². The normalized spacial score (nSPS) is 20.8. The smallest absolute Gasteiger partial charge is 0.410 e. The molecule has 1 aromatic carbocycles. The lowest BCUT2D eigenvalue weighted by atomic mass is 9.98. The number of ether oxygens (including phenoxy) is 3. The van der Waals surface area contributed by atoms with Crippen molar-refractivity contribution in [3.8, 4) is 28.6 Å². The monoisotopic (exact) mass is 576 g/mol. The average molecular weight is 577 g/mol. The molecule has 0 aliphatic carbocycles. The summed E-state index contributed by atoms with van der Waals surface area (Å²) in [7, 11) is 2.11. The highest BCUT2D eigenvalue weighted by molar-refractivity contribution is 6.34. The summed E-state index contributed by atoms with van der Waals surface area (Å²) in [5.41, 5.74) is 0.0784. The van der Waals surface area contributed by atoms with E-state index < -0.39 is 11.4 Å². The summed E-state index contributed by atoms with van der Waals surface area (Å²) in [6, 6.07) is 3.96. The molecule has 3 aliphatic rings. The van der Waals surface area contributed by atoms with Gasteiger partial charge in [-0.3, -0.25) is 4.90 Å². The number of likely N-dealkylation sites (tertiary alicyclic amines) is 1. The second-order valence-corrected chi connectivity index (χ2v) is 12.3. The van der Waals surface area contributed by atoms with Crippen LogP contribution in [0.4, 0.5) is 9.18 Å². The maximum absolute atomic E-state index is 14.9. The van der Waals surface area contributed by atoms with Crippen LogP contribution in [0.3, 0.4) is 0 Å². The van der Waals surface area contributed by atoms with Crippen LogP contribution in [-0.4, -0.2) is 95.5 Å². The van der Waals surface area contributed by atoms with Gasteiger partial charge in [0.05, 0.1) is 23.8 Å². The van der Waals surface area contributed by atoms with Crippen molar-refractivity contribution in [1.29, 1.82) is 0 Å². The van der Waals surface area contributed by atoms with Crippen molar-refractivity contribution in [3.63, 3.8) is 0 Å². The van der Waals surface area contributed by atoms with Crippen molar-refractivity contribution >= 4 is 17.7 Å². The number of benzene rings is 1. The number of nitrogens with zero attached hydrogens (tertiary/aromatic N) is 4. The fourth-order valence-corrected chi connectivity index (χ4v) is 5.74. The van der Waals surface area contributed by atoms with E-state index in [1.807, 2.05) is 20.8 Å². The molecule has 1 amide bonds. The van der Waals surface area contributed by atoms with E-state index in [0.717, 1.165) is 25.9 Å². The first-order valence-electron chi connectivity index (χ1n) is 13.9. The molecule has 9 nitrogen and oxygen atoms in total. The minimum Gasteiger partial charge on any atom is -0.507 e. The van der Waals surface area contributed by atoms with Crippen molar-refractivity contribution in [3.05, 3.63) is 34.6 Å². The molecule has 0 unspecified atom stereocenters. The topological polar surface area (TPSA) is 87.6 Å². The van der Waals surface area contributed by atoms with Gasteiger partial charge in [0.1, 0.15) is 40.2 Å². The van der Waals surface area contributed by atoms with Gasteiger partial charge >= 0.3 is 6.09 Å². The molecule has 11 heteroatoms. The Balaban J connectivity index is 1.45. The lowest BCUT2D eigenvalue weighted by molar-refractivity contribution is -0.00165. The molecule has 0 spiro atoms. The van der Waals surface area contributed by atoms with E-state index >= 15 is 0 Å². The largest absolute Gasteiger partial charge is 0.507 e. The van der Waals surface area contributed by atoms with E-state index in [1.54, 1.807) is 4.90 Å². The van der Waals surface area contributed by atoms with Gasteiger partial charge in [-0.25, -0.2) is 14.2 Å². The van der Waals surface area contributed by atoms with Gasteiger partial charge in [-0.05, 0) is 71.8 Å². The van der Waals surface area contributed by atoms with Crippen LogP contribution in [0.1, 0.15) is 39.2 Å². The van der Waals surface area contributed by atoms with Gasteiger partial charge in [-0.2, -0.15) is 0 Å². The number of hydrogen-bond donors (Lipinski definition) is 1. The standard InChI is InChI=1S/C29H38ClFN4O5/c1-29(2,3)40-28(37)35-13-12-34-15-20-26(38-17-19(34)14-35)24(30)25(23-21(31)6-5-7-22(23)36)32-27(20)39-16-18-8-10-33(4)11-9-18/h5-7,18-19,36H,8-17H2,1-4H3/t19-/m1/s1. The molecule has 0 saturated carbocycles. The Morgan fingerprint density at radius 3 is 2.67 bits per heavy atom. The number of halogens is 2. The number of phenolic OH excluding ortho intramolecular Hbond substituents is 1. The van der Waals surface area contributed by atoms with Gasteiger partial charge in [0, 0.05) is 26.2 Å². The van der Waals surface area contributed by atoms with Crippen molar-refractivity contribution in [2.45, 2.75) is 51.8 Å². The number of carbonyl (C=O) groups is 1. The third-order valence-corrected chi connectivity index (χ3v) is 8.06. The van der Waals surface area contributed by atoms with E-state index in [1.165, 1.54) is 18.2 Å². The highest BCUT2D eigenvalue weighted by Crippen LogP contribution is 2.46. The van der Waals surface area contributed by atoms with Crippen molar-refractivity contribution in [2.24, 2.45) is 5.92 Å². The summed E-state index contributed by atoms with van der Waals surface area (Å²) >= 11 is 6.83. The minimum absolute atomic E-state index is 0.0737. The van der Waals surface area contributed by atoms with Crippen LogP contribution >= 0.6 is 11.6 Å². The molecular formula is C29H38ClFN4O5. The summed E-state index contributed by atoms with van der Waals surface area (Å²) in [6.45, 7) is 10.3. The molecule has 0 bridgehead atoms. The van der Waals surface area contributed by atoms with Gasteiger partial charge < -0.3 is 29.1 Å². The third kappa shape index (κ3) is 6.24. The van der Waals surface area contributed by atoms with Crippen LogP contribution in [0.25, 0.3) is 11.3 Å². The van der Waals surface area contributed by atoms with Gasteiger partial charge in [0.15, 0.2) is 0 Å². The molecule has 3 aliphatic heterocycles. The number of rotatable bonds is 4. The zero-order valence-electron chi connectivity index (χ0n) is 23.6. The summed E-state index contributed by atoms with van der Waals surface area (Å²) in [6.07, 6.45) is 1.67. The zero-order valence-corrected chi connectivity index (χ0v) is 24.3. The summed E-state index contributed by atoms with van der Waals surface area (Å²) in [4.78, 5) is 23.7.